The van der Waals surface area contributed by atoms with E-state index < -0.39 is 0 Å². The Morgan fingerprint density at radius 3 is 2.78 bits per heavy atom. The molecule has 0 aromatic rings. The van der Waals surface area contributed by atoms with Gasteiger partial charge in [-0.15, -0.1) is 11.6 Å². The van der Waals surface area contributed by atoms with Gasteiger partial charge in [0.25, 0.3) is 0 Å². The highest BCUT2D eigenvalue weighted by atomic mass is 35.5. The fourth-order valence-corrected chi connectivity index (χ4v) is 2.71. The van der Waals surface area contributed by atoms with Gasteiger partial charge in [-0.3, -0.25) is 4.90 Å². The molecule has 4 heteroatoms. The Morgan fingerprint density at radius 1 is 1.50 bits per heavy atom. The minimum Gasteiger partial charge on any atom is -0.374 e. The van der Waals surface area contributed by atoms with E-state index in [2.05, 4.69) is 37.9 Å². The summed E-state index contributed by atoms with van der Waals surface area (Å²) in [5, 5.41) is 3.64. The van der Waals surface area contributed by atoms with Crippen molar-refractivity contribution < 1.29 is 4.74 Å². The van der Waals surface area contributed by atoms with Gasteiger partial charge in [0.05, 0.1) is 12.7 Å². The zero-order valence-corrected chi connectivity index (χ0v) is 13.1. The van der Waals surface area contributed by atoms with E-state index in [0.29, 0.717) is 18.0 Å². The number of rotatable bonds is 7. The van der Waals surface area contributed by atoms with Gasteiger partial charge in [-0.2, -0.15) is 0 Å². The summed E-state index contributed by atoms with van der Waals surface area (Å²) >= 11 is 5.87. The lowest BCUT2D eigenvalue weighted by Crippen LogP contribution is -2.52. The second kappa shape index (κ2) is 7.68. The first kappa shape index (κ1) is 16.2. The Hall–Kier alpha value is 0.170. The van der Waals surface area contributed by atoms with Crippen molar-refractivity contribution in [2.75, 3.05) is 32.1 Å². The summed E-state index contributed by atoms with van der Waals surface area (Å²) < 4.78 is 5.84. The normalized spacial score (nSPS) is 25.3. The number of halogens is 1. The minimum atomic E-state index is 0.144. The van der Waals surface area contributed by atoms with Crippen LogP contribution in [0.3, 0.4) is 0 Å². The summed E-state index contributed by atoms with van der Waals surface area (Å²) in [4.78, 5) is 2.49. The number of alkyl halides is 1. The van der Waals surface area contributed by atoms with Crippen LogP contribution in [0.2, 0.25) is 0 Å². The maximum absolute atomic E-state index is 5.87. The summed E-state index contributed by atoms with van der Waals surface area (Å²) in [5.41, 5.74) is 0.144. The molecule has 108 valence electrons. The third kappa shape index (κ3) is 5.04. The van der Waals surface area contributed by atoms with Crippen LogP contribution in [0.15, 0.2) is 0 Å². The largest absolute Gasteiger partial charge is 0.374 e. The monoisotopic (exact) mass is 276 g/mol. The summed E-state index contributed by atoms with van der Waals surface area (Å²) in [6, 6.07) is 0.608. The van der Waals surface area contributed by atoms with Gasteiger partial charge < -0.3 is 10.1 Å². The third-order valence-electron chi connectivity index (χ3n) is 4.08. The molecule has 1 aliphatic rings. The maximum Gasteiger partial charge on any atom is 0.0827 e. The number of hydrogen-bond acceptors (Lipinski definition) is 3. The van der Waals surface area contributed by atoms with Crippen LogP contribution in [-0.2, 0) is 4.74 Å². The van der Waals surface area contributed by atoms with Gasteiger partial charge in [0, 0.05) is 37.1 Å². The summed E-state index contributed by atoms with van der Waals surface area (Å²) in [7, 11) is 0. The van der Waals surface area contributed by atoms with E-state index in [4.69, 9.17) is 16.3 Å². The van der Waals surface area contributed by atoms with Crippen molar-refractivity contribution in [2.45, 2.75) is 58.2 Å². The maximum atomic E-state index is 5.87. The van der Waals surface area contributed by atoms with Crippen LogP contribution >= 0.6 is 11.6 Å². The van der Waals surface area contributed by atoms with E-state index in [9.17, 15) is 0 Å². The number of nitrogens with zero attached hydrogens (tertiary/aromatic N) is 1. The molecule has 1 fully saturated rings. The molecular formula is C14H29ClN2O. The Morgan fingerprint density at radius 2 is 2.22 bits per heavy atom. The number of morpholine rings is 1. The molecule has 1 rings (SSSR count). The van der Waals surface area contributed by atoms with E-state index >= 15 is 0 Å². The van der Waals surface area contributed by atoms with Gasteiger partial charge in [0.2, 0.25) is 0 Å². The van der Waals surface area contributed by atoms with Crippen LogP contribution in [-0.4, -0.2) is 54.7 Å². The predicted molar refractivity (Wildman–Crippen MR) is 78.5 cm³/mol. The van der Waals surface area contributed by atoms with Crippen molar-refractivity contribution in [1.82, 2.24) is 10.2 Å². The SMILES string of the molecule is CCC(C)(CCCl)NCC1CN(C(C)C)CCO1. The van der Waals surface area contributed by atoms with Gasteiger partial charge in [-0.05, 0) is 33.6 Å². The molecule has 0 amide bonds. The fraction of sp³-hybridized carbons (Fsp3) is 1.00. The Balaban J connectivity index is 2.38. The predicted octanol–water partition coefficient (Wildman–Crippen LogP) is 2.48. The van der Waals surface area contributed by atoms with Gasteiger partial charge in [0.1, 0.15) is 0 Å². The number of hydrogen-bond donors (Lipinski definition) is 1. The first-order valence-electron chi connectivity index (χ1n) is 7.17. The molecule has 0 aliphatic carbocycles. The Kier molecular flexibility index (Phi) is 6.93. The molecule has 0 bridgehead atoms. The average molecular weight is 277 g/mol. The molecule has 0 aromatic carbocycles. The quantitative estimate of drug-likeness (QED) is 0.723. The highest BCUT2D eigenvalue weighted by molar-refractivity contribution is 6.17. The van der Waals surface area contributed by atoms with E-state index in [1.54, 1.807) is 0 Å². The second-order valence-corrected chi connectivity index (χ2v) is 6.19. The van der Waals surface area contributed by atoms with Crippen molar-refractivity contribution in [3.63, 3.8) is 0 Å². The van der Waals surface area contributed by atoms with Gasteiger partial charge >= 0.3 is 0 Å². The standard InChI is InChI=1S/C14H29ClN2O/c1-5-14(4,6-7-15)16-10-13-11-17(12(2)3)8-9-18-13/h12-13,16H,5-11H2,1-4H3. The molecule has 3 nitrogen and oxygen atoms in total. The number of ether oxygens (including phenoxy) is 1. The minimum absolute atomic E-state index is 0.144. The lowest BCUT2D eigenvalue weighted by Gasteiger charge is -2.38. The van der Waals surface area contributed by atoms with Crippen molar-refractivity contribution >= 4 is 11.6 Å². The van der Waals surface area contributed by atoms with Crippen LogP contribution in [0.25, 0.3) is 0 Å². The first-order valence-corrected chi connectivity index (χ1v) is 7.71. The Bertz CT molecular complexity index is 238. The van der Waals surface area contributed by atoms with Crippen LogP contribution < -0.4 is 5.32 Å². The van der Waals surface area contributed by atoms with Crippen molar-refractivity contribution in [1.29, 1.82) is 0 Å². The Labute approximate surface area is 117 Å². The average Bonchev–Trinajstić information content (AvgIpc) is 2.37. The van der Waals surface area contributed by atoms with E-state index in [0.717, 1.165) is 39.1 Å². The lowest BCUT2D eigenvalue weighted by molar-refractivity contribution is -0.0400. The summed E-state index contributed by atoms with van der Waals surface area (Å²) in [6.45, 7) is 12.8. The lowest BCUT2D eigenvalue weighted by atomic mass is 9.95. The first-order chi connectivity index (χ1) is 8.50. The zero-order valence-electron chi connectivity index (χ0n) is 12.3. The highest BCUT2D eigenvalue weighted by Gasteiger charge is 2.26. The summed E-state index contributed by atoms with van der Waals surface area (Å²) in [6.07, 6.45) is 2.41. The number of nitrogens with one attached hydrogen (secondary N) is 1. The van der Waals surface area contributed by atoms with Crippen LogP contribution in [0.5, 0.6) is 0 Å². The van der Waals surface area contributed by atoms with Crippen molar-refractivity contribution in [3.8, 4) is 0 Å². The van der Waals surface area contributed by atoms with Crippen LogP contribution in [0, 0.1) is 0 Å². The second-order valence-electron chi connectivity index (χ2n) is 5.82. The van der Waals surface area contributed by atoms with Gasteiger partial charge in [-0.25, -0.2) is 0 Å². The molecule has 18 heavy (non-hydrogen) atoms. The summed E-state index contributed by atoms with van der Waals surface area (Å²) in [5.74, 6) is 0.709. The molecule has 0 spiro atoms. The van der Waals surface area contributed by atoms with Crippen molar-refractivity contribution in [3.05, 3.63) is 0 Å². The molecule has 0 radical (unpaired) electrons. The van der Waals surface area contributed by atoms with E-state index in [-0.39, 0.29) is 5.54 Å². The molecule has 0 aromatic heterocycles. The molecule has 1 aliphatic heterocycles. The van der Waals surface area contributed by atoms with E-state index in [1.165, 1.54) is 0 Å². The topological polar surface area (TPSA) is 24.5 Å². The van der Waals surface area contributed by atoms with Crippen LogP contribution in [0.1, 0.15) is 40.5 Å². The fourth-order valence-electron chi connectivity index (χ4n) is 2.29. The molecule has 1 heterocycles. The smallest absolute Gasteiger partial charge is 0.0827 e. The van der Waals surface area contributed by atoms with Gasteiger partial charge in [0.15, 0.2) is 0 Å². The molecule has 0 saturated carbocycles. The van der Waals surface area contributed by atoms with Crippen molar-refractivity contribution in [2.24, 2.45) is 0 Å². The molecule has 1 saturated heterocycles. The molecule has 2 atom stereocenters. The van der Waals surface area contributed by atoms with Crippen LogP contribution in [0.4, 0.5) is 0 Å². The molecular weight excluding hydrogens is 248 g/mol. The zero-order chi connectivity index (χ0) is 13.6. The molecule has 1 N–H and O–H groups in total. The van der Waals surface area contributed by atoms with Gasteiger partial charge in [-0.1, -0.05) is 6.92 Å². The molecule has 2 unspecified atom stereocenters. The van der Waals surface area contributed by atoms with E-state index in [1.807, 2.05) is 0 Å². The highest BCUT2D eigenvalue weighted by Crippen LogP contribution is 2.16. The third-order valence-corrected chi connectivity index (χ3v) is 4.27.